The van der Waals surface area contributed by atoms with Crippen LogP contribution in [0.2, 0.25) is 0 Å². The second kappa shape index (κ2) is 76.1. The topological polar surface area (TPSA) is 95.9 Å². The lowest BCUT2D eigenvalue weighted by Crippen LogP contribution is -2.45. The lowest BCUT2D eigenvalue weighted by molar-refractivity contribution is -0.143. The van der Waals surface area contributed by atoms with Crippen LogP contribution in [0.25, 0.3) is 0 Å². The van der Waals surface area contributed by atoms with Gasteiger partial charge < -0.3 is 20.3 Å². The van der Waals surface area contributed by atoms with Crippen molar-refractivity contribution >= 4 is 11.9 Å². The monoisotopic (exact) mass is 1210 g/mol. The highest BCUT2D eigenvalue weighted by molar-refractivity contribution is 5.76. The smallest absolute Gasteiger partial charge is 0.305 e. The third-order valence-corrected chi connectivity index (χ3v) is 19.1. The average molecular weight is 1210 g/mol. The fourth-order valence-electron chi connectivity index (χ4n) is 13.0. The maximum Gasteiger partial charge on any atom is 0.305 e. The largest absolute Gasteiger partial charge is 0.466 e. The third kappa shape index (κ3) is 71.7. The van der Waals surface area contributed by atoms with Crippen molar-refractivity contribution < 1.29 is 24.5 Å². The lowest BCUT2D eigenvalue weighted by atomic mass is 10.0. The summed E-state index contributed by atoms with van der Waals surface area (Å²) in [6.45, 7) is 5.02. The molecule has 2 atom stereocenters. The van der Waals surface area contributed by atoms with Gasteiger partial charge >= 0.3 is 5.97 Å². The van der Waals surface area contributed by atoms with Gasteiger partial charge in [0.05, 0.1) is 25.4 Å². The molecular formula is C80H157NO5. The minimum absolute atomic E-state index is 0.0213. The molecule has 0 aliphatic carbocycles. The van der Waals surface area contributed by atoms with Crippen LogP contribution in [0, 0.1) is 0 Å². The Morgan fingerprint density at radius 2 is 0.547 bits per heavy atom. The van der Waals surface area contributed by atoms with E-state index in [1.165, 1.54) is 392 Å². The summed E-state index contributed by atoms with van der Waals surface area (Å²) in [5, 5.41) is 23.5. The minimum Gasteiger partial charge on any atom is -0.466 e. The Balaban J connectivity index is 3.36. The van der Waals surface area contributed by atoms with E-state index in [4.69, 9.17) is 4.74 Å². The van der Waals surface area contributed by atoms with E-state index in [0.717, 1.165) is 38.5 Å². The highest BCUT2D eigenvalue weighted by Crippen LogP contribution is 2.20. The van der Waals surface area contributed by atoms with Crippen molar-refractivity contribution in [2.75, 3.05) is 13.2 Å². The molecule has 0 aromatic heterocycles. The van der Waals surface area contributed by atoms with Gasteiger partial charge in [0, 0.05) is 12.8 Å². The Bertz CT molecular complexity index is 1300. The van der Waals surface area contributed by atoms with Crippen molar-refractivity contribution in [3.8, 4) is 0 Å². The molecule has 0 radical (unpaired) electrons. The van der Waals surface area contributed by atoms with Gasteiger partial charge in [-0.1, -0.05) is 411 Å². The Labute approximate surface area is 539 Å². The zero-order valence-corrected chi connectivity index (χ0v) is 58.8. The van der Waals surface area contributed by atoms with Crippen molar-refractivity contribution in [2.24, 2.45) is 0 Å². The Hall–Kier alpha value is -1.40. The first-order chi connectivity index (χ1) is 42.5. The van der Waals surface area contributed by atoms with E-state index >= 15 is 0 Å². The van der Waals surface area contributed by atoms with E-state index in [1.54, 1.807) is 0 Å². The van der Waals surface area contributed by atoms with Gasteiger partial charge in [-0.15, -0.1) is 0 Å². The van der Waals surface area contributed by atoms with E-state index in [-0.39, 0.29) is 18.5 Å². The van der Waals surface area contributed by atoms with Crippen molar-refractivity contribution in [3.05, 3.63) is 12.2 Å². The SMILES string of the molecule is CCCCCCCCCCCCCCCCCCCCCCCCCCC(O)C(CO)NC(=O)CCCCCCCCCCCCCC/C=C\CCCCCCCCCCCCCCOC(=O)CCCCCCCCCCCCCCCCCCC. The summed E-state index contributed by atoms with van der Waals surface area (Å²) in [4.78, 5) is 24.7. The fourth-order valence-corrected chi connectivity index (χ4v) is 13.0. The predicted molar refractivity (Wildman–Crippen MR) is 380 cm³/mol. The van der Waals surface area contributed by atoms with Crippen LogP contribution in [0.4, 0.5) is 0 Å². The number of nitrogens with one attached hydrogen (secondary N) is 1. The van der Waals surface area contributed by atoms with Gasteiger partial charge in [-0.05, 0) is 51.4 Å². The summed E-state index contributed by atoms with van der Waals surface area (Å²) in [5.41, 5.74) is 0. The van der Waals surface area contributed by atoms with E-state index in [9.17, 15) is 19.8 Å². The highest BCUT2D eigenvalue weighted by atomic mass is 16.5. The molecule has 0 aliphatic heterocycles. The molecule has 0 saturated heterocycles. The molecule has 0 rings (SSSR count). The number of unbranched alkanes of at least 4 members (excludes halogenated alkanes) is 63. The van der Waals surface area contributed by atoms with Crippen LogP contribution in [-0.4, -0.2) is 47.4 Å². The predicted octanol–water partition coefficient (Wildman–Crippen LogP) is 26.3. The molecule has 6 nitrogen and oxygen atoms in total. The van der Waals surface area contributed by atoms with Crippen molar-refractivity contribution in [1.29, 1.82) is 0 Å². The molecule has 0 bridgehead atoms. The summed E-state index contributed by atoms with van der Waals surface area (Å²) in [6.07, 6.45) is 95.9. The number of hydrogen-bond acceptors (Lipinski definition) is 5. The number of aliphatic hydroxyl groups is 2. The Kier molecular flexibility index (Phi) is 74.8. The molecule has 86 heavy (non-hydrogen) atoms. The van der Waals surface area contributed by atoms with Gasteiger partial charge in [0.15, 0.2) is 0 Å². The van der Waals surface area contributed by atoms with Crippen LogP contribution in [0.15, 0.2) is 12.2 Å². The fraction of sp³-hybridized carbons (Fsp3) is 0.950. The standard InChI is InChI=1S/C80H157NO5/c1-3-5-7-9-11-13-15-17-19-21-22-23-24-31-34-37-41-44-48-52-56-60-64-68-72-78(83)77(76-82)81-79(84)73-69-65-61-57-53-49-45-42-38-35-32-29-27-25-26-28-30-33-36-39-43-47-51-55-59-63-67-71-75-86-80(85)74-70-66-62-58-54-50-46-40-20-18-16-14-12-10-8-6-4-2/h25-26,77-78,82-83H,3-24,27-76H2,1-2H3,(H,81,84)/b26-25-. The van der Waals surface area contributed by atoms with Crippen LogP contribution in [-0.2, 0) is 14.3 Å². The van der Waals surface area contributed by atoms with Crippen LogP contribution < -0.4 is 5.32 Å². The quantitative estimate of drug-likeness (QED) is 0.0320. The molecule has 3 N–H and O–H groups in total. The van der Waals surface area contributed by atoms with Gasteiger partial charge in [0.1, 0.15) is 0 Å². The average Bonchev–Trinajstić information content (AvgIpc) is 3.59. The van der Waals surface area contributed by atoms with E-state index in [1.807, 2.05) is 0 Å². The molecule has 0 aromatic carbocycles. The van der Waals surface area contributed by atoms with Gasteiger partial charge in [0.25, 0.3) is 0 Å². The maximum absolute atomic E-state index is 12.6. The summed E-state index contributed by atoms with van der Waals surface area (Å²) < 4.78 is 5.51. The highest BCUT2D eigenvalue weighted by Gasteiger charge is 2.20. The second-order valence-electron chi connectivity index (χ2n) is 27.8. The van der Waals surface area contributed by atoms with Gasteiger partial charge in [0.2, 0.25) is 5.91 Å². The van der Waals surface area contributed by atoms with Crippen molar-refractivity contribution in [1.82, 2.24) is 5.32 Å². The number of ether oxygens (including phenoxy) is 1. The van der Waals surface area contributed by atoms with E-state index in [2.05, 4.69) is 31.3 Å². The third-order valence-electron chi connectivity index (χ3n) is 19.1. The Morgan fingerprint density at radius 1 is 0.314 bits per heavy atom. The molecule has 0 spiro atoms. The molecule has 1 amide bonds. The van der Waals surface area contributed by atoms with Crippen LogP contribution in [0.1, 0.15) is 463 Å². The molecule has 512 valence electrons. The maximum atomic E-state index is 12.6. The molecule has 6 heteroatoms. The number of aliphatic hydroxyl groups excluding tert-OH is 2. The zero-order chi connectivity index (χ0) is 62.0. The Morgan fingerprint density at radius 3 is 0.826 bits per heavy atom. The molecule has 0 saturated carbocycles. The van der Waals surface area contributed by atoms with Gasteiger partial charge in [-0.3, -0.25) is 9.59 Å². The summed E-state index contributed by atoms with van der Waals surface area (Å²) in [6, 6.07) is -0.542. The van der Waals surface area contributed by atoms with E-state index < -0.39 is 12.1 Å². The van der Waals surface area contributed by atoms with Crippen LogP contribution in [0.3, 0.4) is 0 Å². The summed E-state index contributed by atoms with van der Waals surface area (Å²) in [7, 11) is 0. The summed E-state index contributed by atoms with van der Waals surface area (Å²) in [5.74, 6) is -0.00749. The number of carbonyl (C=O) groups excluding carboxylic acids is 2. The van der Waals surface area contributed by atoms with Crippen molar-refractivity contribution in [2.45, 2.75) is 475 Å². The first-order valence-corrected chi connectivity index (χ1v) is 39.9. The van der Waals surface area contributed by atoms with Gasteiger partial charge in [-0.25, -0.2) is 0 Å². The summed E-state index contributed by atoms with van der Waals surface area (Å²) >= 11 is 0. The number of amides is 1. The number of carbonyl (C=O) groups is 2. The molecule has 0 aromatic rings. The number of allylic oxidation sites excluding steroid dienone is 2. The number of hydrogen-bond donors (Lipinski definition) is 3. The zero-order valence-electron chi connectivity index (χ0n) is 58.8. The molecule has 2 unspecified atom stereocenters. The molecular weight excluding hydrogens is 1050 g/mol. The minimum atomic E-state index is -0.665. The molecule has 0 fully saturated rings. The van der Waals surface area contributed by atoms with Crippen LogP contribution in [0.5, 0.6) is 0 Å². The van der Waals surface area contributed by atoms with Gasteiger partial charge in [-0.2, -0.15) is 0 Å². The van der Waals surface area contributed by atoms with Crippen molar-refractivity contribution in [3.63, 3.8) is 0 Å². The van der Waals surface area contributed by atoms with Crippen LogP contribution >= 0.6 is 0 Å². The van der Waals surface area contributed by atoms with E-state index in [0.29, 0.717) is 25.9 Å². The number of rotatable bonds is 76. The number of esters is 1. The molecule has 0 heterocycles. The molecule has 0 aliphatic rings. The second-order valence-corrected chi connectivity index (χ2v) is 27.8. The lowest BCUT2D eigenvalue weighted by Gasteiger charge is -2.22. The first-order valence-electron chi connectivity index (χ1n) is 39.9. The normalized spacial score (nSPS) is 12.5. The first kappa shape index (κ1) is 84.6.